The summed E-state index contributed by atoms with van der Waals surface area (Å²) in [5.41, 5.74) is 2.09. The van der Waals surface area contributed by atoms with Crippen LogP contribution in [-0.4, -0.2) is 20.9 Å². The Balaban J connectivity index is 1.52. The van der Waals surface area contributed by atoms with Crippen LogP contribution in [0.2, 0.25) is 5.02 Å². The van der Waals surface area contributed by atoms with Crippen molar-refractivity contribution in [3.05, 3.63) is 105 Å². The van der Waals surface area contributed by atoms with Crippen LogP contribution in [0.1, 0.15) is 23.6 Å². The Hall–Kier alpha value is -3.51. The molecule has 0 bridgehead atoms. The van der Waals surface area contributed by atoms with Gasteiger partial charge in [0.15, 0.2) is 0 Å². The molecule has 0 fully saturated rings. The van der Waals surface area contributed by atoms with Crippen molar-refractivity contribution < 1.29 is 4.79 Å². The molecule has 150 valence electrons. The molecule has 7 heteroatoms. The standard InChI is InChI=1S/C23H19ClN4O2/c24-18-10-6-9-17(15-18)22(16-7-2-1-3-8-16)25-21(29)13-14-28-23(30)19-11-4-5-12-20(19)26-27-28/h1-12,15,22H,13-14H2,(H,25,29). The molecule has 1 amide bonds. The molecule has 1 N–H and O–H groups in total. The first-order valence-electron chi connectivity index (χ1n) is 9.54. The SMILES string of the molecule is O=C(CCn1nnc2ccccc2c1=O)NC(c1ccccc1)c1cccc(Cl)c1. The van der Waals surface area contributed by atoms with Gasteiger partial charge in [-0.25, -0.2) is 4.68 Å². The Morgan fingerprint density at radius 2 is 1.70 bits per heavy atom. The van der Waals surface area contributed by atoms with Crippen LogP contribution in [0.25, 0.3) is 10.9 Å². The number of hydrogen-bond acceptors (Lipinski definition) is 4. The van der Waals surface area contributed by atoms with Crippen molar-refractivity contribution in [1.29, 1.82) is 0 Å². The fourth-order valence-electron chi connectivity index (χ4n) is 3.30. The highest BCUT2D eigenvalue weighted by atomic mass is 35.5. The van der Waals surface area contributed by atoms with Crippen LogP contribution in [0.15, 0.2) is 83.7 Å². The van der Waals surface area contributed by atoms with Crippen molar-refractivity contribution >= 4 is 28.4 Å². The zero-order valence-electron chi connectivity index (χ0n) is 16.0. The van der Waals surface area contributed by atoms with Gasteiger partial charge in [0.05, 0.1) is 18.0 Å². The third-order valence-corrected chi connectivity index (χ3v) is 5.04. The van der Waals surface area contributed by atoms with Crippen LogP contribution in [0.3, 0.4) is 0 Å². The molecule has 0 aliphatic carbocycles. The van der Waals surface area contributed by atoms with Gasteiger partial charge in [0, 0.05) is 11.4 Å². The second-order valence-electron chi connectivity index (χ2n) is 6.85. The van der Waals surface area contributed by atoms with Crippen molar-refractivity contribution in [3.8, 4) is 0 Å². The second kappa shape index (κ2) is 8.88. The van der Waals surface area contributed by atoms with Gasteiger partial charge < -0.3 is 5.32 Å². The average molecular weight is 419 g/mol. The maximum Gasteiger partial charge on any atom is 0.277 e. The van der Waals surface area contributed by atoms with Gasteiger partial charge in [-0.05, 0) is 35.4 Å². The second-order valence-corrected chi connectivity index (χ2v) is 7.29. The molecule has 0 aliphatic heterocycles. The van der Waals surface area contributed by atoms with Crippen LogP contribution in [0, 0.1) is 0 Å². The van der Waals surface area contributed by atoms with Gasteiger partial charge >= 0.3 is 0 Å². The molecule has 6 nitrogen and oxygen atoms in total. The molecule has 1 heterocycles. The fraction of sp³-hybridized carbons (Fsp3) is 0.130. The van der Waals surface area contributed by atoms with Gasteiger partial charge in [-0.1, -0.05) is 71.4 Å². The van der Waals surface area contributed by atoms with Crippen molar-refractivity contribution in [1.82, 2.24) is 20.3 Å². The van der Waals surface area contributed by atoms with E-state index in [-0.39, 0.29) is 30.5 Å². The van der Waals surface area contributed by atoms with Crippen LogP contribution in [0.5, 0.6) is 0 Å². The Labute approximate surface area is 178 Å². The van der Waals surface area contributed by atoms with Crippen LogP contribution in [-0.2, 0) is 11.3 Å². The molecule has 0 radical (unpaired) electrons. The minimum atomic E-state index is -0.350. The monoisotopic (exact) mass is 418 g/mol. The lowest BCUT2D eigenvalue weighted by molar-refractivity contribution is -0.121. The van der Waals surface area contributed by atoms with Gasteiger partial charge in [0.2, 0.25) is 5.91 Å². The highest BCUT2D eigenvalue weighted by Crippen LogP contribution is 2.24. The number of fused-ring (bicyclic) bond motifs is 1. The number of nitrogens with one attached hydrogen (secondary N) is 1. The number of rotatable bonds is 6. The summed E-state index contributed by atoms with van der Waals surface area (Å²) in [7, 11) is 0. The van der Waals surface area contributed by atoms with Crippen molar-refractivity contribution in [2.75, 3.05) is 0 Å². The Morgan fingerprint density at radius 1 is 0.967 bits per heavy atom. The number of aromatic nitrogens is 3. The van der Waals surface area contributed by atoms with Gasteiger partial charge in [-0.2, -0.15) is 0 Å². The molecule has 1 unspecified atom stereocenters. The fourth-order valence-corrected chi connectivity index (χ4v) is 3.50. The molecule has 0 aliphatic rings. The van der Waals surface area contributed by atoms with E-state index in [4.69, 9.17) is 11.6 Å². The molecule has 0 saturated heterocycles. The number of halogens is 1. The van der Waals surface area contributed by atoms with E-state index in [1.807, 2.05) is 48.5 Å². The molecular formula is C23H19ClN4O2. The number of benzene rings is 3. The summed E-state index contributed by atoms with van der Waals surface area (Å²) < 4.78 is 1.22. The lowest BCUT2D eigenvalue weighted by Crippen LogP contribution is -2.32. The van der Waals surface area contributed by atoms with E-state index < -0.39 is 0 Å². The maximum absolute atomic E-state index is 12.7. The Kier molecular flexibility index (Phi) is 5.86. The van der Waals surface area contributed by atoms with E-state index in [0.29, 0.717) is 15.9 Å². The number of aryl methyl sites for hydroxylation is 1. The topological polar surface area (TPSA) is 76.9 Å². The molecule has 0 spiro atoms. The zero-order valence-corrected chi connectivity index (χ0v) is 16.8. The molecular weight excluding hydrogens is 400 g/mol. The third-order valence-electron chi connectivity index (χ3n) is 4.80. The molecule has 4 rings (SSSR count). The highest BCUT2D eigenvalue weighted by molar-refractivity contribution is 6.30. The summed E-state index contributed by atoms with van der Waals surface area (Å²) >= 11 is 6.15. The first-order valence-corrected chi connectivity index (χ1v) is 9.92. The number of nitrogens with zero attached hydrogens (tertiary/aromatic N) is 3. The summed E-state index contributed by atoms with van der Waals surface area (Å²) in [6.45, 7) is 0.138. The van der Waals surface area contributed by atoms with Gasteiger partial charge in [-0.15, -0.1) is 5.10 Å². The van der Waals surface area contributed by atoms with Crippen LogP contribution >= 0.6 is 11.6 Å². The predicted molar refractivity (Wildman–Crippen MR) is 116 cm³/mol. The van der Waals surface area contributed by atoms with E-state index in [0.717, 1.165) is 11.1 Å². The van der Waals surface area contributed by atoms with Crippen molar-refractivity contribution in [3.63, 3.8) is 0 Å². The molecule has 4 aromatic rings. The first kappa shape index (κ1) is 19.8. The van der Waals surface area contributed by atoms with E-state index in [9.17, 15) is 9.59 Å². The van der Waals surface area contributed by atoms with Crippen molar-refractivity contribution in [2.45, 2.75) is 19.0 Å². The van der Waals surface area contributed by atoms with E-state index in [1.54, 1.807) is 30.3 Å². The Bertz CT molecular complexity index is 1240. The average Bonchev–Trinajstić information content (AvgIpc) is 2.78. The van der Waals surface area contributed by atoms with E-state index in [2.05, 4.69) is 15.6 Å². The minimum Gasteiger partial charge on any atom is -0.345 e. The van der Waals surface area contributed by atoms with Crippen LogP contribution < -0.4 is 10.9 Å². The number of carbonyl (C=O) groups excluding carboxylic acids is 1. The Morgan fingerprint density at radius 3 is 2.50 bits per heavy atom. The largest absolute Gasteiger partial charge is 0.345 e. The first-order chi connectivity index (χ1) is 14.6. The summed E-state index contributed by atoms with van der Waals surface area (Å²) in [5.74, 6) is -0.203. The third kappa shape index (κ3) is 4.39. The van der Waals surface area contributed by atoms with Gasteiger partial charge in [0.25, 0.3) is 5.56 Å². The lowest BCUT2D eigenvalue weighted by atomic mass is 9.98. The summed E-state index contributed by atoms with van der Waals surface area (Å²) in [4.78, 5) is 25.3. The zero-order chi connectivity index (χ0) is 20.9. The summed E-state index contributed by atoms with van der Waals surface area (Å²) in [5, 5.41) is 12.1. The number of carbonyl (C=O) groups is 1. The minimum absolute atomic E-state index is 0.0941. The molecule has 3 aromatic carbocycles. The molecule has 1 aromatic heterocycles. The quantitative estimate of drug-likeness (QED) is 0.517. The van der Waals surface area contributed by atoms with E-state index >= 15 is 0 Å². The van der Waals surface area contributed by atoms with Crippen LogP contribution in [0.4, 0.5) is 0 Å². The van der Waals surface area contributed by atoms with Crippen molar-refractivity contribution in [2.24, 2.45) is 0 Å². The predicted octanol–water partition coefficient (Wildman–Crippen LogP) is 3.74. The summed E-state index contributed by atoms with van der Waals surface area (Å²) in [6.07, 6.45) is 0.0941. The molecule has 0 saturated carbocycles. The number of hydrogen-bond donors (Lipinski definition) is 1. The highest BCUT2D eigenvalue weighted by Gasteiger charge is 2.17. The van der Waals surface area contributed by atoms with E-state index in [1.165, 1.54) is 4.68 Å². The molecule has 1 atom stereocenters. The summed E-state index contributed by atoms with van der Waals surface area (Å²) in [6, 6.07) is 23.7. The lowest BCUT2D eigenvalue weighted by Gasteiger charge is -2.20. The maximum atomic E-state index is 12.7. The smallest absolute Gasteiger partial charge is 0.277 e. The molecule has 30 heavy (non-hydrogen) atoms. The van der Waals surface area contributed by atoms with Gasteiger partial charge in [-0.3, -0.25) is 9.59 Å². The normalized spacial score (nSPS) is 11.9. The number of amides is 1. The van der Waals surface area contributed by atoms with Gasteiger partial charge in [0.1, 0.15) is 5.52 Å².